The second-order valence-corrected chi connectivity index (χ2v) is 6.62. The Balaban J connectivity index is 2.01. The molecule has 0 fully saturated rings. The van der Waals surface area contributed by atoms with Crippen LogP contribution in [0.2, 0.25) is 5.02 Å². The highest BCUT2D eigenvalue weighted by atomic mass is 35.5. The highest BCUT2D eigenvalue weighted by molar-refractivity contribution is 7.15. The predicted octanol–water partition coefficient (Wildman–Crippen LogP) is 3.54. The Morgan fingerprint density at radius 3 is 2.84 bits per heavy atom. The van der Waals surface area contributed by atoms with E-state index in [0.717, 1.165) is 5.69 Å². The first kappa shape index (κ1) is 17.4. The number of carbonyl (C=O) groups excluding carboxylic acids is 1. The number of aryl methyl sites for hydroxylation is 2. The number of anilines is 1. The lowest BCUT2D eigenvalue weighted by atomic mass is 10.2. The molecule has 6 nitrogen and oxygen atoms in total. The van der Waals surface area contributed by atoms with E-state index in [1.807, 2.05) is 12.3 Å². The molecule has 0 saturated carbocycles. The summed E-state index contributed by atoms with van der Waals surface area (Å²) in [7, 11) is 1.50. The van der Waals surface area contributed by atoms with Crippen molar-refractivity contribution >= 4 is 39.5 Å². The van der Waals surface area contributed by atoms with Gasteiger partial charge in [-0.15, -0.1) is 11.3 Å². The van der Waals surface area contributed by atoms with Crippen LogP contribution in [0.3, 0.4) is 0 Å². The average molecular weight is 378 g/mol. The van der Waals surface area contributed by atoms with Gasteiger partial charge in [-0.2, -0.15) is 0 Å². The first-order valence-electron chi connectivity index (χ1n) is 7.60. The van der Waals surface area contributed by atoms with E-state index in [9.17, 15) is 9.59 Å². The molecular formula is C17H16ClN3O3S. The van der Waals surface area contributed by atoms with Gasteiger partial charge in [-0.25, -0.2) is 4.98 Å². The minimum atomic E-state index is -0.431. The molecule has 0 unspecified atom stereocenters. The van der Waals surface area contributed by atoms with Crippen LogP contribution in [0.25, 0.3) is 4.96 Å². The Kier molecular flexibility index (Phi) is 4.78. The molecule has 0 saturated heterocycles. The number of thiazole rings is 1. The number of amides is 1. The molecule has 2 aromatic heterocycles. The quantitative estimate of drug-likeness (QED) is 0.754. The highest BCUT2D eigenvalue weighted by Gasteiger charge is 2.17. The number of benzene rings is 1. The number of nitrogens with one attached hydrogen (secondary N) is 1. The second-order valence-electron chi connectivity index (χ2n) is 5.38. The fourth-order valence-corrected chi connectivity index (χ4v) is 3.75. The molecule has 0 aliphatic carbocycles. The molecule has 3 rings (SSSR count). The van der Waals surface area contributed by atoms with Gasteiger partial charge in [-0.05, 0) is 31.5 Å². The summed E-state index contributed by atoms with van der Waals surface area (Å²) in [6, 6.07) is 4.68. The fourth-order valence-electron chi connectivity index (χ4n) is 2.49. The van der Waals surface area contributed by atoms with Gasteiger partial charge in [0.2, 0.25) is 0 Å². The van der Waals surface area contributed by atoms with E-state index in [0.29, 0.717) is 33.4 Å². The van der Waals surface area contributed by atoms with E-state index in [-0.39, 0.29) is 11.2 Å². The number of halogens is 1. The Labute approximate surface area is 153 Å². The standard InChI is InChI=1S/C17H16ClN3O3S/c1-4-11-8-25-17-19-9(2)14(16(23)21(11)17)20-15(22)10-5-6-13(24-3)12(18)7-10/h5-8H,4H2,1-3H3,(H,20,22). The van der Waals surface area contributed by atoms with Crippen molar-refractivity contribution in [1.82, 2.24) is 9.38 Å². The number of rotatable bonds is 4. The summed E-state index contributed by atoms with van der Waals surface area (Å²) in [5.41, 5.74) is 1.55. The molecule has 1 N–H and O–H groups in total. The number of fused-ring (bicyclic) bond motifs is 1. The van der Waals surface area contributed by atoms with Crippen molar-refractivity contribution in [3.05, 3.63) is 55.9 Å². The largest absolute Gasteiger partial charge is 0.495 e. The molecule has 1 amide bonds. The van der Waals surface area contributed by atoms with E-state index in [1.54, 1.807) is 19.1 Å². The molecule has 0 aliphatic rings. The monoisotopic (exact) mass is 377 g/mol. The van der Waals surface area contributed by atoms with Gasteiger partial charge < -0.3 is 10.1 Å². The van der Waals surface area contributed by atoms with Crippen LogP contribution in [-0.2, 0) is 6.42 Å². The number of carbonyl (C=O) groups is 1. The smallest absolute Gasteiger partial charge is 0.282 e. The number of nitrogens with zero attached hydrogens (tertiary/aromatic N) is 2. The maximum Gasteiger partial charge on any atom is 0.282 e. The van der Waals surface area contributed by atoms with Gasteiger partial charge in [0.05, 0.1) is 17.8 Å². The van der Waals surface area contributed by atoms with Crippen molar-refractivity contribution in [3.8, 4) is 5.75 Å². The van der Waals surface area contributed by atoms with Crippen LogP contribution < -0.4 is 15.6 Å². The maximum absolute atomic E-state index is 12.8. The normalized spacial score (nSPS) is 10.9. The first-order chi connectivity index (χ1) is 12.0. The van der Waals surface area contributed by atoms with Gasteiger partial charge in [0.25, 0.3) is 11.5 Å². The van der Waals surface area contributed by atoms with Crippen molar-refractivity contribution in [1.29, 1.82) is 0 Å². The second kappa shape index (κ2) is 6.85. The van der Waals surface area contributed by atoms with Crippen LogP contribution in [0.4, 0.5) is 5.69 Å². The van der Waals surface area contributed by atoms with Gasteiger partial charge in [-0.3, -0.25) is 14.0 Å². The molecule has 0 aliphatic heterocycles. The van der Waals surface area contributed by atoms with Gasteiger partial charge in [0, 0.05) is 16.6 Å². The lowest BCUT2D eigenvalue weighted by Crippen LogP contribution is -2.25. The molecule has 1 aromatic carbocycles. The van der Waals surface area contributed by atoms with Crippen LogP contribution in [0.15, 0.2) is 28.4 Å². The van der Waals surface area contributed by atoms with Crippen molar-refractivity contribution < 1.29 is 9.53 Å². The third-order valence-electron chi connectivity index (χ3n) is 3.84. The van der Waals surface area contributed by atoms with Crippen LogP contribution in [0.1, 0.15) is 28.7 Å². The van der Waals surface area contributed by atoms with Gasteiger partial charge >= 0.3 is 0 Å². The molecule has 0 spiro atoms. The zero-order valence-corrected chi connectivity index (χ0v) is 15.5. The molecule has 3 aromatic rings. The van der Waals surface area contributed by atoms with E-state index in [1.165, 1.54) is 28.9 Å². The molecule has 8 heteroatoms. The molecule has 130 valence electrons. The minimum Gasteiger partial charge on any atom is -0.495 e. The summed E-state index contributed by atoms with van der Waals surface area (Å²) in [6.07, 6.45) is 0.701. The van der Waals surface area contributed by atoms with Crippen LogP contribution in [-0.4, -0.2) is 22.4 Å². The van der Waals surface area contributed by atoms with Crippen molar-refractivity contribution in [2.45, 2.75) is 20.3 Å². The maximum atomic E-state index is 12.8. The van der Waals surface area contributed by atoms with Gasteiger partial charge in [0.1, 0.15) is 11.4 Å². The SMILES string of the molecule is CCc1csc2nc(C)c(NC(=O)c3ccc(OC)c(Cl)c3)c(=O)n12. The highest BCUT2D eigenvalue weighted by Crippen LogP contribution is 2.25. The minimum absolute atomic E-state index is 0.169. The van der Waals surface area contributed by atoms with E-state index in [4.69, 9.17) is 16.3 Å². The third-order valence-corrected chi connectivity index (χ3v) is 5.01. The molecule has 0 radical (unpaired) electrons. The summed E-state index contributed by atoms with van der Waals surface area (Å²) in [5, 5.41) is 4.89. The molecular weight excluding hydrogens is 362 g/mol. The Bertz CT molecular complexity index is 1030. The summed E-state index contributed by atoms with van der Waals surface area (Å²) in [5.74, 6) is 0.0446. The first-order valence-corrected chi connectivity index (χ1v) is 8.86. The number of hydrogen-bond donors (Lipinski definition) is 1. The Hall–Kier alpha value is -2.38. The predicted molar refractivity (Wildman–Crippen MR) is 99.4 cm³/mol. The number of hydrogen-bond acceptors (Lipinski definition) is 5. The Morgan fingerprint density at radius 1 is 1.44 bits per heavy atom. The summed E-state index contributed by atoms with van der Waals surface area (Å²) < 4.78 is 6.61. The zero-order chi connectivity index (χ0) is 18.1. The number of ether oxygens (including phenoxy) is 1. The number of methoxy groups -OCH3 is 1. The van der Waals surface area contributed by atoms with Crippen LogP contribution in [0.5, 0.6) is 5.75 Å². The summed E-state index contributed by atoms with van der Waals surface area (Å²) in [6.45, 7) is 3.66. The lowest BCUT2D eigenvalue weighted by Gasteiger charge is -2.10. The van der Waals surface area contributed by atoms with E-state index >= 15 is 0 Å². The summed E-state index contributed by atoms with van der Waals surface area (Å²) >= 11 is 7.47. The fraction of sp³-hybridized carbons (Fsp3) is 0.235. The van der Waals surface area contributed by atoms with E-state index < -0.39 is 5.91 Å². The van der Waals surface area contributed by atoms with Crippen molar-refractivity contribution in [2.24, 2.45) is 0 Å². The zero-order valence-electron chi connectivity index (χ0n) is 13.9. The van der Waals surface area contributed by atoms with Gasteiger partial charge in [0.15, 0.2) is 4.96 Å². The Morgan fingerprint density at radius 2 is 2.20 bits per heavy atom. The molecule has 0 bridgehead atoms. The number of aromatic nitrogens is 2. The van der Waals surface area contributed by atoms with Gasteiger partial charge in [-0.1, -0.05) is 18.5 Å². The molecule has 25 heavy (non-hydrogen) atoms. The average Bonchev–Trinajstić information content (AvgIpc) is 3.01. The topological polar surface area (TPSA) is 72.7 Å². The van der Waals surface area contributed by atoms with E-state index in [2.05, 4.69) is 10.3 Å². The van der Waals surface area contributed by atoms with Crippen molar-refractivity contribution in [3.63, 3.8) is 0 Å². The van der Waals surface area contributed by atoms with Crippen LogP contribution >= 0.6 is 22.9 Å². The van der Waals surface area contributed by atoms with Crippen LogP contribution in [0, 0.1) is 6.92 Å². The molecule has 2 heterocycles. The summed E-state index contributed by atoms with van der Waals surface area (Å²) in [4.78, 5) is 30.3. The third kappa shape index (κ3) is 3.12. The molecule has 0 atom stereocenters. The lowest BCUT2D eigenvalue weighted by molar-refractivity contribution is 0.102. The van der Waals surface area contributed by atoms with Crippen molar-refractivity contribution in [2.75, 3.05) is 12.4 Å².